The van der Waals surface area contributed by atoms with Gasteiger partial charge in [-0.1, -0.05) is 24.4 Å². The van der Waals surface area contributed by atoms with E-state index >= 15 is 0 Å². The molecule has 0 unspecified atom stereocenters. The zero-order valence-corrected chi connectivity index (χ0v) is 12.9. The standard InChI is InChI=1S/C16H20ClN3O/c17-14-5-6-15-13(11-14)12-18-20(15)10-7-16(21)19-8-3-1-2-4-9-19/h5-6,11-12H,1-4,7-10H2. The summed E-state index contributed by atoms with van der Waals surface area (Å²) in [5.74, 6) is 0.245. The van der Waals surface area contributed by atoms with Crippen LogP contribution in [0.4, 0.5) is 0 Å². The number of amides is 1. The monoisotopic (exact) mass is 305 g/mol. The molecule has 1 aliphatic heterocycles. The predicted octanol–water partition coefficient (Wildman–Crippen LogP) is 3.48. The van der Waals surface area contributed by atoms with Gasteiger partial charge in [0, 0.05) is 29.9 Å². The molecule has 0 bridgehead atoms. The highest BCUT2D eigenvalue weighted by Gasteiger charge is 2.15. The van der Waals surface area contributed by atoms with Crippen molar-refractivity contribution >= 4 is 28.4 Å². The lowest BCUT2D eigenvalue weighted by molar-refractivity contribution is -0.131. The van der Waals surface area contributed by atoms with Crippen LogP contribution in [0, 0.1) is 0 Å². The second-order valence-corrected chi connectivity index (χ2v) is 6.05. The van der Waals surface area contributed by atoms with Gasteiger partial charge < -0.3 is 4.90 Å². The number of halogens is 1. The third-order valence-corrected chi connectivity index (χ3v) is 4.34. The molecule has 1 aliphatic rings. The molecule has 1 aromatic carbocycles. The lowest BCUT2D eigenvalue weighted by atomic mass is 10.2. The van der Waals surface area contributed by atoms with E-state index in [1.165, 1.54) is 12.8 Å². The van der Waals surface area contributed by atoms with E-state index in [1.54, 1.807) is 6.20 Å². The van der Waals surface area contributed by atoms with Gasteiger partial charge >= 0.3 is 0 Å². The van der Waals surface area contributed by atoms with Gasteiger partial charge in [-0.3, -0.25) is 9.48 Å². The number of aromatic nitrogens is 2. The number of nitrogens with zero attached hydrogens (tertiary/aromatic N) is 3. The van der Waals surface area contributed by atoms with Crippen molar-refractivity contribution in [2.45, 2.75) is 38.6 Å². The molecule has 1 fully saturated rings. The Morgan fingerprint density at radius 2 is 1.95 bits per heavy atom. The van der Waals surface area contributed by atoms with Crippen molar-refractivity contribution in [1.82, 2.24) is 14.7 Å². The van der Waals surface area contributed by atoms with E-state index in [0.717, 1.165) is 36.8 Å². The number of hydrogen-bond acceptors (Lipinski definition) is 2. The Labute approximate surface area is 129 Å². The van der Waals surface area contributed by atoms with E-state index in [4.69, 9.17) is 11.6 Å². The Hall–Kier alpha value is -1.55. The highest BCUT2D eigenvalue weighted by atomic mass is 35.5. The van der Waals surface area contributed by atoms with Gasteiger partial charge in [-0.25, -0.2) is 0 Å². The van der Waals surface area contributed by atoms with Crippen molar-refractivity contribution in [3.8, 4) is 0 Å². The maximum atomic E-state index is 12.3. The van der Waals surface area contributed by atoms with Gasteiger partial charge in [-0.15, -0.1) is 0 Å². The van der Waals surface area contributed by atoms with Crippen molar-refractivity contribution in [3.63, 3.8) is 0 Å². The van der Waals surface area contributed by atoms with Gasteiger partial charge in [0.2, 0.25) is 5.91 Å². The van der Waals surface area contributed by atoms with Crippen LogP contribution in [-0.2, 0) is 11.3 Å². The third kappa shape index (κ3) is 3.38. The molecule has 2 aromatic rings. The number of fused-ring (bicyclic) bond motifs is 1. The molecule has 0 atom stereocenters. The van der Waals surface area contributed by atoms with E-state index in [1.807, 2.05) is 27.8 Å². The number of carbonyl (C=O) groups excluding carboxylic acids is 1. The summed E-state index contributed by atoms with van der Waals surface area (Å²) >= 11 is 5.97. The van der Waals surface area contributed by atoms with Crippen LogP contribution in [0.15, 0.2) is 24.4 Å². The van der Waals surface area contributed by atoms with Crippen molar-refractivity contribution < 1.29 is 4.79 Å². The van der Waals surface area contributed by atoms with Gasteiger partial charge in [-0.2, -0.15) is 5.10 Å². The molecular formula is C16H20ClN3O. The highest BCUT2D eigenvalue weighted by Crippen LogP contribution is 2.19. The summed E-state index contributed by atoms with van der Waals surface area (Å²) in [4.78, 5) is 14.3. The van der Waals surface area contributed by atoms with E-state index in [-0.39, 0.29) is 5.91 Å². The van der Waals surface area contributed by atoms with E-state index < -0.39 is 0 Å². The van der Waals surface area contributed by atoms with Crippen LogP contribution in [0.3, 0.4) is 0 Å². The first-order chi connectivity index (χ1) is 10.2. The summed E-state index contributed by atoms with van der Waals surface area (Å²) in [5.41, 5.74) is 1.03. The largest absolute Gasteiger partial charge is 0.343 e. The maximum Gasteiger partial charge on any atom is 0.224 e. The van der Waals surface area contributed by atoms with Crippen LogP contribution < -0.4 is 0 Å². The van der Waals surface area contributed by atoms with Crippen LogP contribution in [0.1, 0.15) is 32.1 Å². The molecule has 0 aliphatic carbocycles. The van der Waals surface area contributed by atoms with Crippen molar-refractivity contribution in [2.75, 3.05) is 13.1 Å². The molecule has 4 nitrogen and oxygen atoms in total. The highest BCUT2D eigenvalue weighted by molar-refractivity contribution is 6.31. The SMILES string of the molecule is O=C(CCn1ncc2cc(Cl)ccc21)N1CCCCCC1. The van der Waals surface area contributed by atoms with Crippen molar-refractivity contribution in [2.24, 2.45) is 0 Å². The Bertz CT molecular complexity index is 629. The minimum atomic E-state index is 0.245. The fourth-order valence-corrected chi connectivity index (χ4v) is 3.10. The van der Waals surface area contributed by atoms with Crippen LogP contribution in [0.2, 0.25) is 5.02 Å². The fraction of sp³-hybridized carbons (Fsp3) is 0.500. The molecule has 0 saturated carbocycles. The average Bonchev–Trinajstić information content (AvgIpc) is 2.70. The lowest BCUT2D eigenvalue weighted by Crippen LogP contribution is -2.32. The second-order valence-electron chi connectivity index (χ2n) is 5.62. The summed E-state index contributed by atoms with van der Waals surface area (Å²) in [6.45, 7) is 2.45. The van der Waals surface area contributed by atoms with Crippen LogP contribution in [0.25, 0.3) is 10.9 Å². The molecule has 5 heteroatoms. The van der Waals surface area contributed by atoms with Gasteiger partial charge in [0.25, 0.3) is 0 Å². The lowest BCUT2D eigenvalue weighted by Gasteiger charge is -2.20. The first-order valence-electron chi connectivity index (χ1n) is 7.63. The Balaban J connectivity index is 1.64. The molecule has 112 valence electrons. The number of hydrogen-bond donors (Lipinski definition) is 0. The fourth-order valence-electron chi connectivity index (χ4n) is 2.92. The predicted molar refractivity (Wildman–Crippen MR) is 84.4 cm³/mol. The topological polar surface area (TPSA) is 38.1 Å². The molecule has 0 spiro atoms. The number of aryl methyl sites for hydroxylation is 1. The Kier molecular flexibility index (Phi) is 4.44. The van der Waals surface area contributed by atoms with Gasteiger partial charge in [-0.05, 0) is 31.0 Å². The number of likely N-dealkylation sites (tertiary alicyclic amines) is 1. The molecule has 1 saturated heterocycles. The van der Waals surface area contributed by atoms with E-state index in [9.17, 15) is 4.79 Å². The smallest absolute Gasteiger partial charge is 0.224 e. The molecule has 1 aromatic heterocycles. The average molecular weight is 306 g/mol. The zero-order chi connectivity index (χ0) is 14.7. The zero-order valence-electron chi connectivity index (χ0n) is 12.1. The molecule has 3 rings (SSSR count). The number of benzene rings is 1. The number of carbonyl (C=O) groups is 1. The first-order valence-corrected chi connectivity index (χ1v) is 8.01. The maximum absolute atomic E-state index is 12.3. The normalized spacial score (nSPS) is 16.1. The third-order valence-electron chi connectivity index (χ3n) is 4.10. The van der Waals surface area contributed by atoms with Gasteiger partial charge in [0.15, 0.2) is 0 Å². The van der Waals surface area contributed by atoms with Crippen molar-refractivity contribution in [3.05, 3.63) is 29.4 Å². The van der Waals surface area contributed by atoms with Gasteiger partial charge in [0.05, 0.1) is 18.3 Å². The number of rotatable bonds is 3. The van der Waals surface area contributed by atoms with Crippen LogP contribution in [0.5, 0.6) is 0 Å². The Morgan fingerprint density at radius 1 is 1.19 bits per heavy atom. The summed E-state index contributed by atoms with van der Waals surface area (Å²) < 4.78 is 1.89. The molecule has 0 radical (unpaired) electrons. The van der Waals surface area contributed by atoms with Crippen LogP contribution in [-0.4, -0.2) is 33.7 Å². The second kappa shape index (κ2) is 6.48. The quantitative estimate of drug-likeness (QED) is 0.870. The first kappa shape index (κ1) is 14.4. The molecule has 0 N–H and O–H groups in total. The van der Waals surface area contributed by atoms with Crippen LogP contribution >= 0.6 is 11.6 Å². The van der Waals surface area contributed by atoms with E-state index in [0.29, 0.717) is 18.0 Å². The van der Waals surface area contributed by atoms with Gasteiger partial charge in [0.1, 0.15) is 0 Å². The summed E-state index contributed by atoms with van der Waals surface area (Å²) in [6.07, 6.45) is 7.07. The minimum absolute atomic E-state index is 0.245. The van der Waals surface area contributed by atoms with Crippen molar-refractivity contribution in [1.29, 1.82) is 0 Å². The van der Waals surface area contributed by atoms with E-state index in [2.05, 4.69) is 5.10 Å². The summed E-state index contributed by atoms with van der Waals surface area (Å²) in [7, 11) is 0. The Morgan fingerprint density at radius 3 is 2.71 bits per heavy atom. The summed E-state index contributed by atoms with van der Waals surface area (Å²) in [6, 6.07) is 5.72. The summed E-state index contributed by atoms with van der Waals surface area (Å²) in [5, 5.41) is 6.09. The minimum Gasteiger partial charge on any atom is -0.343 e. The molecule has 1 amide bonds. The molecule has 21 heavy (non-hydrogen) atoms. The molecule has 2 heterocycles. The molecular weight excluding hydrogens is 286 g/mol.